The summed E-state index contributed by atoms with van der Waals surface area (Å²) in [6.45, 7) is 0. The Bertz CT molecular complexity index is 2780. The van der Waals surface area contributed by atoms with Crippen molar-refractivity contribution in [2.75, 3.05) is 4.90 Å². The molecule has 52 heavy (non-hydrogen) atoms. The molecule has 242 valence electrons. The van der Waals surface area contributed by atoms with Crippen molar-refractivity contribution in [3.63, 3.8) is 0 Å². The molecule has 1 nitrogen and oxygen atoms in total. The normalized spacial score (nSPS) is 13.2. The second kappa shape index (κ2) is 11.2. The van der Waals surface area contributed by atoms with Crippen molar-refractivity contribution >= 4 is 38.6 Å². The van der Waals surface area contributed by atoms with E-state index in [-0.39, 0.29) is 0 Å². The van der Waals surface area contributed by atoms with Crippen LogP contribution in [0.1, 0.15) is 22.3 Å². The predicted octanol–water partition coefficient (Wildman–Crippen LogP) is 13.5. The van der Waals surface area contributed by atoms with E-state index in [1.807, 2.05) is 0 Å². The number of anilines is 3. The topological polar surface area (TPSA) is 3.24 Å². The highest BCUT2D eigenvalue weighted by Crippen LogP contribution is 2.63. The number of hydrogen-bond acceptors (Lipinski definition) is 1. The summed E-state index contributed by atoms with van der Waals surface area (Å²) in [5.74, 6) is 0. The number of nitrogens with zero attached hydrogens (tertiary/aromatic N) is 1. The van der Waals surface area contributed by atoms with E-state index in [9.17, 15) is 0 Å². The molecule has 9 aromatic carbocycles. The van der Waals surface area contributed by atoms with Gasteiger partial charge in [0.2, 0.25) is 0 Å². The molecule has 0 atom stereocenters. The third-order valence-corrected chi connectivity index (χ3v) is 11.5. The number of rotatable bonds is 4. The molecular weight excluding hydrogens is 627 g/mol. The van der Waals surface area contributed by atoms with Crippen molar-refractivity contribution in [1.29, 1.82) is 0 Å². The molecule has 2 aliphatic carbocycles. The molecule has 0 heterocycles. The molecule has 0 unspecified atom stereocenters. The average Bonchev–Trinajstić information content (AvgIpc) is 3.69. The van der Waals surface area contributed by atoms with E-state index in [1.165, 1.54) is 77.2 Å². The van der Waals surface area contributed by atoms with E-state index in [0.717, 1.165) is 17.1 Å². The Labute approximate surface area is 303 Å². The number of benzene rings is 9. The smallest absolute Gasteiger partial charge is 0.0726 e. The second-order valence-corrected chi connectivity index (χ2v) is 14.1. The van der Waals surface area contributed by atoms with E-state index in [2.05, 4.69) is 205 Å². The molecule has 0 amide bonds. The fourth-order valence-electron chi connectivity index (χ4n) is 9.24. The summed E-state index contributed by atoms with van der Waals surface area (Å²) in [6.07, 6.45) is 0. The lowest BCUT2D eigenvalue weighted by Crippen LogP contribution is -2.26. The van der Waals surface area contributed by atoms with Crippen LogP contribution in [0.15, 0.2) is 200 Å². The lowest BCUT2D eigenvalue weighted by Gasteiger charge is -2.32. The third-order valence-electron chi connectivity index (χ3n) is 11.5. The zero-order valence-electron chi connectivity index (χ0n) is 28.5. The van der Waals surface area contributed by atoms with Gasteiger partial charge in [0.25, 0.3) is 0 Å². The van der Waals surface area contributed by atoms with Crippen molar-refractivity contribution in [2.45, 2.75) is 5.41 Å². The van der Waals surface area contributed by atoms with E-state index in [0.29, 0.717) is 0 Å². The quantitative estimate of drug-likeness (QED) is 0.170. The Morgan fingerprint density at radius 2 is 0.769 bits per heavy atom. The fourth-order valence-corrected chi connectivity index (χ4v) is 9.24. The van der Waals surface area contributed by atoms with Crippen LogP contribution >= 0.6 is 0 Å². The molecule has 1 heteroatoms. The van der Waals surface area contributed by atoms with Gasteiger partial charge >= 0.3 is 0 Å². The van der Waals surface area contributed by atoms with E-state index in [1.54, 1.807) is 0 Å². The molecule has 0 saturated carbocycles. The van der Waals surface area contributed by atoms with Crippen molar-refractivity contribution in [3.05, 3.63) is 222 Å². The molecule has 0 bridgehead atoms. The van der Waals surface area contributed by atoms with Crippen molar-refractivity contribution in [2.24, 2.45) is 0 Å². The van der Waals surface area contributed by atoms with Crippen molar-refractivity contribution in [1.82, 2.24) is 0 Å². The summed E-state index contributed by atoms with van der Waals surface area (Å²) in [6, 6.07) is 74.0. The Balaban J connectivity index is 1.16. The first kappa shape index (κ1) is 29.1. The van der Waals surface area contributed by atoms with Gasteiger partial charge < -0.3 is 4.90 Å². The van der Waals surface area contributed by atoms with E-state index < -0.39 is 5.41 Å². The Kier molecular flexibility index (Phi) is 6.23. The summed E-state index contributed by atoms with van der Waals surface area (Å²) in [5, 5.41) is 5.03. The Morgan fingerprint density at radius 3 is 1.46 bits per heavy atom. The minimum Gasteiger partial charge on any atom is -0.310 e. The molecule has 0 aliphatic heterocycles. The molecule has 0 saturated heterocycles. The third kappa shape index (κ3) is 4.05. The molecule has 0 aromatic heterocycles. The fraction of sp³-hybridized carbons (Fsp3) is 0.0196. The van der Waals surface area contributed by atoms with Crippen LogP contribution < -0.4 is 4.90 Å². The Hall–Kier alpha value is -6.70. The standard InChI is InChI=1S/C51H33N/c1-2-12-34(13-3-1)35-24-26-38(27-25-35)52(39-28-30-42-37(32-39)23-22-36-14-4-5-15-41(36)42)40-29-31-46-45-18-8-11-21-49(45)51(50(46)33-40)47-19-9-6-16-43(47)44-17-7-10-20-48(44)51/h1-33H. The minimum atomic E-state index is -0.403. The summed E-state index contributed by atoms with van der Waals surface area (Å²) >= 11 is 0. The first-order valence-corrected chi connectivity index (χ1v) is 18.1. The molecule has 11 rings (SSSR count). The maximum absolute atomic E-state index is 2.48. The van der Waals surface area contributed by atoms with Crippen LogP contribution in [-0.2, 0) is 5.41 Å². The molecular formula is C51H33N. The van der Waals surface area contributed by atoms with Gasteiger partial charge in [-0.25, -0.2) is 0 Å². The van der Waals surface area contributed by atoms with Gasteiger partial charge in [-0.2, -0.15) is 0 Å². The summed E-state index contributed by atoms with van der Waals surface area (Å²) in [4.78, 5) is 2.44. The van der Waals surface area contributed by atoms with E-state index >= 15 is 0 Å². The van der Waals surface area contributed by atoms with Gasteiger partial charge in [0.05, 0.1) is 5.41 Å². The van der Waals surface area contributed by atoms with Gasteiger partial charge in [-0.3, -0.25) is 0 Å². The number of fused-ring (bicyclic) bond motifs is 13. The first-order valence-electron chi connectivity index (χ1n) is 18.1. The summed E-state index contributed by atoms with van der Waals surface area (Å²) < 4.78 is 0. The van der Waals surface area contributed by atoms with Crippen LogP contribution in [-0.4, -0.2) is 0 Å². The predicted molar refractivity (Wildman–Crippen MR) is 218 cm³/mol. The maximum atomic E-state index is 2.48. The molecule has 1 spiro atoms. The van der Waals surface area contributed by atoms with Crippen LogP contribution in [0.3, 0.4) is 0 Å². The number of hydrogen-bond donors (Lipinski definition) is 0. The lowest BCUT2D eigenvalue weighted by atomic mass is 9.70. The van der Waals surface area contributed by atoms with Crippen molar-refractivity contribution in [3.8, 4) is 33.4 Å². The second-order valence-electron chi connectivity index (χ2n) is 14.1. The SMILES string of the molecule is c1ccc(-c2ccc(N(c3ccc4c(c3)C3(c5ccccc5-c5ccccc53)c3ccccc3-4)c3ccc4c(ccc5ccccc54)c3)cc2)cc1. The van der Waals surface area contributed by atoms with Crippen LogP contribution in [0, 0.1) is 0 Å². The van der Waals surface area contributed by atoms with Crippen LogP contribution in [0.25, 0.3) is 54.9 Å². The van der Waals surface area contributed by atoms with Gasteiger partial charge in [0, 0.05) is 17.1 Å². The van der Waals surface area contributed by atoms with Gasteiger partial charge in [-0.1, -0.05) is 164 Å². The van der Waals surface area contributed by atoms with Gasteiger partial charge in [0.1, 0.15) is 0 Å². The largest absolute Gasteiger partial charge is 0.310 e. The van der Waals surface area contributed by atoms with Gasteiger partial charge in [-0.15, -0.1) is 0 Å². The molecule has 0 fully saturated rings. The van der Waals surface area contributed by atoms with E-state index in [4.69, 9.17) is 0 Å². The van der Waals surface area contributed by atoms with Gasteiger partial charge in [0.15, 0.2) is 0 Å². The highest BCUT2D eigenvalue weighted by atomic mass is 15.1. The maximum Gasteiger partial charge on any atom is 0.0726 e. The summed E-state index contributed by atoms with van der Waals surface area (Å²) in [7, 11) is 0. The first-order chi connectivity index (χ1) is 25.8. The molecule has 0 N–H and O–H groups in total. The van der Waals surface area contributed by atoms with Crippen LogP contribution in [0.5, 0.6) is 0 Å². The summed E-state index contributed by atoms with van der Waals surface area (Å²) in [5.41, 5.74) is 16.1. The highest BCUT2D eigenvalue weighted by molar-refractivity contribution is 6.08. The minimum absolute atomic E-state index is 0.403. The monoisotopic (exact) mass is 659 g/mol. The zero-order valence-corrected chi connectivity index (χ0v) is 28.5. The van der Waals surface area contributed by atoms with Crippen LogP contribution in [0.4, 0.5) is 17.1 Å². The molecule has 9 aromatic rings. The molecule has 2 aliphatic rings. The average molecular weight is 660 g/mol. The highest BCUT2D eigenvalue weighted by Gasteiger charge is 2.51. The van der Waals surface area contributed by atoms with Gasteiger partial charge in [-0.05, 0) is 114 Å². The van der Waals surface area contributed by atoms with Crippen molar-refractivity contribution < 1.29 is 0 Å². The Morgan fingerprint density at radius 1 is 0.288 bits per heavy atom. The van der Waals surface area contributed by atoms with Crippen LogP contribution in [0.2, 0.25) is 0 Å². The lowest BCUT2D eigenvalue weighted by molar-refractivity contribution is 0.793. The molecule has 0 radical (unpaired) electrons. The zero-order chi connectivity index (χ0) is 34.2.